The molecule has 0 spiro atoms. The van der Waals surface area contributed by atoms with Crippen molar-refractivity contribution in [1.82, 2.24) is 0 Å². The number of carbonyl (C=O) groups is 2. The molecule has 0 bridgehead atoms. The van der Waals surface area contributed by atoms with Gasteiger partial charge in [-0.15, -0.1) is 0 Å². The van der Waals surface area contributed by atoms with Gasteiger partial charge in [0.2, 0.25) is 0 Å². The van der Waals surface area contributed by atoms with Crippen molar-refractivity contribution in [3.63, 3.8) is 0 Å². The average molecular weight is 398 g/mol. The van der Waals surface area contributed by atoms with Gasteiger partial charge in [0.1, 0.15) is 11.3 Å². The molecule has 1 aliphatic rings. The van der Waals surface area contributed by atoms with Crippen molar-refractivity contribution >= 4 is 23.3 Å². The van der Waals surface area contributed by atoms with Gasteiger partial charge >= 0.3 is 5.97 Å². The predicted molar refractivity (Wildman–Crippen MR) is 111 cm³/mol. The Hall–Kier alpha value is -3.06. The minimum atomic E-state index is -0.948. The highest BCUT2D eigenvalue weighted by Crippen LogP contribution is 2.21. The second kappa shape index (κ2) is 9.93. The van der Waals surface area contributed by atoms with Crippen molar-refractivity contribution in [3.8, 4) is 5.75 Å². The molecule has 1 amide bonds. The van der Waals surface area contributed by atoms with Crippen LogP contribution in [-0.4, -0.2) is 50.9 Å². The number of amides is 1. The summed E-state index contributed by atoms with van der Waals surface area (Å²) in [6.07, 6.45) is -0.948. The maximum atomic E-state index is 12.4. The number of morpholine rings is 1. The lowest BCUT2D eigenvalue weighted by Crippen LogP contribution is -2.36. The molecule has 1 N–H and O–H groups in total. The van der Waals surface area contributed by atoms with E-state index in [9.17, 15) is 9.59 Å². The second-order valence-corrected chi connectivity index (χ2v) is 6.61. The van der Waals surface area contributed by atoms with Crippen molar-refractivity contribution in [1.29, 1.82) is 0 Å². The number of esters is 1. The maximum absolute atomic E-state index is 12.4. The van der Waals surface area contributed by atoms with Crippen molar-refractivity contribution in [2.45, 2.75) is 20.0 Å². The van der Waals surface area contributed by atoms with Crippen molar-refractivity contribution in [2.75, 3.05) is 43.1 Å². The van der Waals surface area contributed by atoms with Gasteiger partial charge in [-0.05, 0) is 50.2 Å². The number of ether oxygens (including phenoxy) is 3. The normalized spacial score (nSPS) is 14.8. The summed E-state index contributed by atoms with van der Waals surface area (Å²) in [5, 5.41) is 2.78. The molecular formula is C22H26N2O5. The molecule has 7 nitrogen and oxygen atoms in total. The number of rotatable bonds is 7. The minimum absolute atomic E-state index is 0.295. The summed E-state index contributed by atoms with van der Waals surface area (Å²) in [5.74, 6) is -0.558. The average Bonchev–Trinajstić information content (AvgIpc) is 2.75. The fourth-order valence-electron chi connectivity index (χ4n) is 3.02. The second-order valence-electron chi connectivity index (χ2n) is 6.61. The van der Waals surface area contributed by atoms with E-state index in [0.29, 0.717) is 36.8 Å². The quantitative estimate of drug-likeness (QED) is 0.722. The SMILES string of the molecule is CCOc1ccccc1C(=O)O[C@H](C)C(=O)Nc1ccc(N2CCOCC2)cc1. The van der Waals surface area contributed by atoms with Crippen LogP contribution >= 0.6 is 0 Å². The Morgan fingerprint density at radius 3 is 2.48 bits per heavy atom. The third kappa shape index (κ3) is 5.48. The highest BCUT2D eigenvalue weighted by molar-refractivity contribution is 5.98. The fourth-order valence-corrected chi connectivity index (χ4v) is 3.02. The smallest absolute Gasteiger partial charge is 0.342 e. The van der Waals surface area contributed by atoms with E-state index < -0.39 is 18.0 Å². The van der Waals surface area contributed by atoms with Crippen molar-refractivity contribution in [2.24, 2.45) is 0 Å². The summed E-state index contributed by atoms with van der Waals surface area (Å²) in [4.78, 5) is 27.1. The summed E-state index contributed by atoms with van der Waals surface area (Å²) in [6, 6.07) is 14.4. The van der Waals surface area contributed by atoms with Gasteiger partial charge in [-0.25, -0.2) is 4.79 Å². The number of carbonyl (C=O) groups excluding carboxylic acids is 2. The Morgan fingerprint density at radius 2 is 1.79 bits per heavy atom. The Bertz CT molecular complexity index is 831. The van der Waals surface area contributed by atoms with Crippen LogP contribution in [0.5, 0.6) is 5.75 Å². The van der Waals surface area contributed by atoms with E-state index in [4.69, 9.17) is 14.2 Å². The molecule has 0 unspecified atom stereocenters. The first-order valence-electron chi connectivity index (χ1n) is 9.75. The third-order valence-electron chi connectivity index (χ3n) is 4.57. The van der Waals surface area contributed by atoms with Crippen molar-refractivity contribution < 1.29 is 23.8 Å². The largest absolute Gasteiger partial charge is 0.493 e. The number of hydrogen-bond donors (Lipinski definition) is 1. The molecule has 1 fully saturated rings. The van der Waals surface area contributed by atoms with Gasteiger partial charge in [0.05, 0.1) is 19.8 Å². The van der Waals surface area contributed by atoms with E-state index in [0.717, 1.165) is 18.8 Å². The van der Waals surface area contributed by atoms with Crippen LogP contribution in [-0.2, 0) is 14.3 Å². The number of nitrogens with one attached hydrogen (secondary N) is 1. The maximum Gasteiger partial charge on any atom is 0.342 e. The monoisotopic (exact) mass is 398 g/mol. The molecule has 1 saturated heterocycles. The molecule has 2 aromatic carbocycles. The van der Waals surface area contributed by atoms with E-state index in [2.05, 4.69) is 10.2 Å². The predicted octanol–water partition coefficient (Wildman–Crippen LogP) is 3.11. The van der Waals surface area contributed by atoms with Gasteiger partial charge in [0.25, 0.3) is 5.91 Å². The van der Waals surface area contributed by atoms with Crippen LogP contribution in [0.3, 0.4) is 0 Å². The number of nitrogens with zero attached hydrogens (tertiary/aromatic N) is 1. The summed E-state index contributed by atoms with van der Waals surface area (Å²) >= 11 is 0. The molecule has 2 aromatic rings. The molecule has 29 heavy (non-hydrogen) atoms. The van der Waals surface area contributed by atoms with Crippen LogP contribution in [0.2, 0.25) is 0 Å². The van der Waals surface area contributed by atoms with Crippen LogP contribution in [0.15, 0.2) is 48.5 Å². The fraction of sp³-hybridized carbons (Fsp3) is 0.364. The third-order valence-corrected chi connectivity index (χ3v) is 4.57. The Kier molecular flexibility index (Phi) is 7.08. The Labute approximate surface area is 170 Å². The Balaban J connectivity index is 1.57. The molecule has 1 atom stereocenters. The highest BCUT2D eigenvalue weighted by atomic mass is 16.5. The van der Waals surface area contributed by atoms with Gasteiger partial charge in [-0.2, -0.15) is 0 Å². The molecular weight excluding hydrogens is 372 g/mol. The lowest BCUT2D eigenvalue weighted by atomic mass is 10.2. The number of anilines is 2. The summed E-state index contributed by atoms with van der Waals surface area (Å²) < 4.78 is 16.1. The molecule has 154 valence electrons. The van der Waals surface area contributed by atoms with Crippen molar-refractivity contribution in [3.05, 3.63) is 54.1 Å². The van der Waals surface area contributed by atoms with Gasteiger partial charge in [-0.1, -0.05) is 12.1 Å². The lowest BCUT2D eigenvalue weighted by Gasteiger charge is -2.28. The summed E-state index contributed by atoms with van der Waals surface area (Å²) in [7, 11) is 0. The topological polar surface area (TPSA) is 77.1 Å². The molecule has 7 heteroatoms. The van der Waals surface area contributed by atoms with Crippen LogP contribution < -0.4 is 15.0 Å². The molecule has 1 aliphatic heterocycles. The van der Waals surface area contributed by atoms with E-state index in [-0.39, 0.29) is 0 Å². The molecule has 0 saturated carbocycles. The van der Waals surface area contributed by atoms with Crippen LogP contribution in [0.1, 0.15) is 24.2 Å². The van der Waals surface area contributed by atoms with Gasteiger partial charge in [0, 0.05) is 24.5 Å². The van der Waals surface area contributed by atoms with Gasteiger partial charge < -0.3 is 24.4 Å². The summed E-state index contributed by atoms with van der Waals surface area (Å²) in [5.41, 5.74) is 2.02. The highest BCUT2D eigenvalue weighted by Gasteiger charge is 2.21. The van der Waals surface area contributed by atoms with Crippen LogP contribution in [0.25, 0.3) is 0 Å². The first kappa shape index (κ1) is 20.7. The zero-order valence-electron chi connectivity index (χ0n) is 16.7. The molecule has 1 heterocycles. The van der Waals surface area contributed by atoms with E-state index >= 15 is 0 Å². The number of hydrogen-bond acceptors (Lipinski definition) is 6. The van der Waals surface area contributed by atoms with E-state index in [1.54, 1.807) is 31.2 Å². The number of benzene rings is 2. The van der Waals surface area contributed by atoms with E-state index in [1.165, 1.54) is 0 Å². The zero-order chi connectivity index (χ0) is 20.6. The van der Waals surface area contributed by atoms with Crippen LogP contribution in [0, 0.1) is 0 Å². The van der Waals surface area contributed by atoms with Crippen LogP contribution in [0.4, 0.5) is 11.4 Å². The molecule has 3 rings (SSSR count). The lowest BCUT2D eigenvalue weighted by molar-refractivity contribution is -0.123. The van der Waals surface area contributed by atoms with Gasteiger partial charge in [0.15, 0.2) is 6.10 Å². The molecule has 0 aliphatic carbocycles. The Morgan fingerprint density at radius 1 is 1.10 bits per heavy atom. The first-order valence-corrected chi connectivity index (χ1v) is 9.75. The number of para-hydroxylation sites is 1. The molecule has 0 aromatic heterocycles. The zero-order valence-corrected chi connectivity index (χ0v) is 16.7. The van der Waals surface area contributed by atoms with E-state index in [1.807, 2.05) is 31.2 Å². The first-order chi connectivity index (χ1) is 14.1. The minimum Gasteiger partial charge on any atom is -0.493 e. The standard InChI is InChI=1S/C22H26N2O5/c1-3-28-20-7-5-4-6-19(20)22(26)29-16(2)21(25)23-17-8-10-18(11-9-17)24-12-14-27-15-13-24/h4-11,16H,3,12-15H2,1-2H3,(H,23,25)/t16-/m1/s1. The summed E-state index contributed by atoms with van der Waals surface area (Å²) in [6.45, 7) is 6.94. The van der Waals surface area contributed by atoms with Gasteiger partial charge in [-0.3, -0.25) is 4.79 Å². The molecule has 0 radical (unpaired) electrons.